The Labute approximate surface area is 161 Å². The standard InChI is InChI=1S/C17H19FN4O5S/c1-21(2)15-8-7-14(9-16(15)22(24)25)28(26,27)20-11-17(23)19-10-12-3-5-13(18)6-4-12/h3-9,20H,10-11H2,1-2H3,(H,19,23). The average molecular weight is 410 g/mol. The zero-order chi connectivity index (χ0) is 20.9. The van der Waals surface area contributed by atoms with E-state index in [4.69, 9.17) is 0 Å². The van der Waals surface area contributed by atoms with Crippen molar-refractivity contribution in [1.82, 2.24) is 10.0 Å². The van der Waals surface area contributed by atoms with E-state index >= 15 is 0 Å². The number of nitrogens with one attached hydrogen (secondary N) is 2. The van der Waals surface area contributed by atoms with Gasteiger partial charge in [-0.05, 0) is 29.8 Å². The number of rotatable bonds is 8. The van der Waals surface area contributed by atoms with Crippen LogP contribution in [0.4, 0.5) is 15.8 Å². The highest BCUT2D eigenvalue weighted by Gasteiger charge is 2.22. The van der Waals surface area contributed by atoms with Gasteiger partial charge in [-0.15, -0.1) is 0 Å². The topological polar surface area (TPSA) is 122 Å². The average Bonchev–Trinajstić information content (AvgIpc) is 2.65. The van der Waals surface area contributed by atoms with Gasteiger partial charge in [0, 0.05) is 26.7 Å². The van der Waals surface area contributed by atoms with Gasteiger partial charge in [0.15, 0.2) is 0 Å². The van der Waals surface area contributed by atoms with Crippen LogP contribution in [0.15, 0.2) is 47.4 Å². The highest BCUT2D eigenvalue weighted by Crippen LogP contribution is 2.29. The third-order valence-corrected chi connectivity index (χ3v) is 5.16. The van der Waals surface area contributed by atoms with Crippen LogP contribution in [0, 0.1) is 15.9 Å². The van der Waals surface area contributed by atoms with Crippen LogP contribution in [0.1, 0.15) is 5.56 Å². The molecule has 28 heavy (non-hydrogen) atoms. The Morgan fingerprint density at radius 2 is 1.82 bits per heavy atom. The monoisotopic (exact) mass is 410 g/mol. The van der Waals surface area contributed by atoms with Gasteiger partial charge in [-0.1, -0.05) is 12.1 Å². The molecular formula is C17H19FN4O5S. The van der Waals surface area contributed by atoms with Crippen molar-refractivity contribution in [2.45, 2.75) is 11.4 Å². The summed E-state index contributed by atoms with van der Waals surface area (Å²) in [4.78, 5) is 23.5. The molecule has 0 saturated carbocycles. The van der Waals surface area contributed by atoms with Gasteiger partial charge in [0.05, 0.1) is 16.4 Å². The van der Waals surface area contributed by atoms with Crippen LogP contribution in [0.25, 0.3) is 0 Å². The fourth-order valence-electron chi connectivity index (χ4n) is 2.30. The van der Waals surface area contributed by atoms with Gasteiger partial charge in [0.2, 0.25) is 15.9 Å². The molecule has 2 rings (SSSR count). The zero-order valence-electron chi connectivity index (χ0n) is 15.2. The summed E-state index contributed by atoms with van der Waals surface area (Å²) in [7, 11) is -0.931. The SMILES string of the molecule is CN(C)c1ccc(S(=O)(=O)NCC(=O)NCc2ccc(F)cc2)cc1[N+](=O)[O-]. The molecule has 2 aromatic rings. The Bertz CT molecular complexity index is 978. The number of nitrogens with zero attached hydrogens (tertiary/aromatic N) is 2. The molecule has 0 unspecified atom stereocenters. The van der Waals surface area contributed by atoms with Crippen LogP contribution in [-0.2, 0) is 21.4 Å². The number of hydrogen-bond acceptors (Lipinski definition) is 6. The summed E-state index contributed by atoms with van der Waals surface area (Å²) in [5, 5.41) is 13.7. The maximum Gasteiger partial charge on any atom is 0.293 e. The van der Waals surface area contributed by atoms with Crippen LogP contribution in [0.3, 0.4) is 0 Å². The summed E-state index contributed by atoms with van der Waals surface area (Å²) in [6, 6.07) is 8.95. The van der Waals surface area contributed by atoms with E-state index in [1.54, 1.807) is 14.1 Å². The van der Waals surface area contributed by atoms with E-state index in [0.717, 1.165) is 6.07 Å². The number of amides is 1. The molecule has 0 fully saturated rings. The van der Waals surface area contributed by atoms with E-state index in [2.05, 4.69) is 10.0 Å². The number of nitro groups is 1. The molecule has 0 saturated heterocycles. The lowest BCUT2D eigenvalue weighted by atomic mass is 10.2. The van der Waals surface area contributed by atoms with E-state index in [0.29, 0.717) is 5.56 Å². The molecule has 150 valence electrons. The van der Waals surface area contributed by atoms with Crippen molar-refractivity contribution in [3.8, 4) is 0 Å². The van der Waals surface area contributed by atoms with Gasteiger partial charge in [0.1, 0.15) is 11.5 Å². The van der Waals surface area contributed by atoms with Crippen molar-refractivity contribution in [2.24, 2.45) is 0 Å². The number of benzene rings is 2. The Hall–Kier alpha value is -3.05. The van der Waals surface area contributed by atoms with Gasteiger partial charge in [-0.25, -0.2) is 17.5 Å². The quantitative estimate of drug-likeness (QED) is 0.501. The van der Waals surface area contributed by atoms with Crippen molar-refractivity contribution in [1.29, 1.82) is 0 Å². The molecule has 2 N–H and O–H groups in total. The van der Waals surface area contributed by atoms with Crippen LogP contribution in [-0.4, -0.2) is 39.9 Å². The zero-order valence-corrected chi connectivity index (χ0v) is 16.0. The third kappa shape index (κ3) is 5.47. The van der Waals surface area contributed by atoms with E-state index in [-0.39, 0.29) is 22.8 Å². The van der Waals surface area contributed by atoms with Crippen LogP contribution >= 0.6 is 0 Å². The Morgan fingerprint density at radius 1 is 1.18 bits per heavy atom. The predicted molar refractivity (Wildman–Crippen MR) is 101 cm³/mol. The molecule has 0 atom stereocenters. The molecule has 11 heteroatoms. The largest absolute Gasteiger partial charge is 0.372 e. The van der Waals surface area contributed by atoms with Crippen LogP contribution in [0.2, 0.25) is 0 Å². The Kier molecular flexibility index (Phi) is 6.65. The van der Waals surface area contributed by atoms with E-state index < -0.39 is 33.2 Å². The van der Waals surface area contributed by atoms with E-state index in [1.807, 2.05) is 0 Å². The minimum Gasteiger partial charge on any atom is -0.372 e. The molecule has 0 radical (unpaired) electrons. The second-order valence-corrected chi connectivity index (χ2v) is 7.80. The highest BCUT2D eigenvalue weighted by molar-refractivity contribution is 7.89. The van der Waals surface area contributed by atoms with Gasteiger partial charge < -0.3 is 10.2 Å². The molecular weight excluding hydrogens is 391 g/mol. The number of hydrogen-bond donors (Lipinski definition) is 2. The molecule has 0 aliphatic rings. The lowest BCUT2D eigenvalue weighted by Gasteiger charge is -2.14. The van der Waals surface area contributed by atoms with Crippen molar-refractivity contribution in [2.75, 3.05) is 25.5 Å². The fraction of sp³-hybridized carbons (Fsp3) is 0.235. The maximum absolute atomic E-state index is 12.8. The lowest BCUT2D eigenvalue weighted by Crippen LogP contribution is -2.36. The summed E-state index contributed by atoms with van der Waals surface area (Å²) < 4.78 is 39.6. The molecule has 0 aromatic heterocycles. The van der Waals surface area contributed by atoms with Crippen molar-refractivity contribution < 1.29 is 22.5 Å². The number of carbonyl (C=O) groups is 1. The molecule has 0 bridgehead atoms. The highest BCUT2D eigenvalue weighted by atomic mass is 32.2. The van der Waals surface area contributed by atoms with Crippen molar-refractivity contribution >= 4 is 27.3 Å². The lowest BCUT2D eigenvalue weighted by molar-refractivity contribution is -0.384. The minimum atomic E-state index is -4.13. The number of carbonyl (C=O) groups excluding carboxylic acids is 1. The minimum absolute atomic E-state index is 0.101. The first-order valence-corrected chi connectivity index (χ1v) is 9.55. The first-order valence-electron chi connectivity index (χ1n) is 8.07. The second kappa shape index (κ2) is 8.76. The smallest absolute Gasteiger partial charge is 0.293 e. The molecule has 9 nitrogen and oxygen atoms in total. The first-order chi connectivity index (χ1) is 13.1. The maximum atomic E-state index is 12.8. The number of halogens is 1. The van der Waals surface area contributed by atoms with E-state index in [1.165, 1.54) is 41.3 Å². The van der Waals surface area contributed by atoms with Crippen molar-refractivity contribution in [3.63, 3.8) is 0 Å². The Morgan fingerprint density at radius 3 is 2.39 bits per heavy atom. The number of anilines is 1. The number of sulfonamides is 1. The Balaban J connectivity index is 2.03. The van der Waals surface area contributed by atoms with Gasteiger partial charge in [-0.3, -0.25) is 14.9 Å². The first kappa shape index (κ1) is 21.3. The summed E-state index contributed by atoms with van der Waals surface area (Å²) in [6.07, 6.45) is 0. The number of nitro benzene ring substituents is 1. The summed E-state index contributed by atoms with van der Waals surface area (Å²) in [6.45, 7) is -0.448. The van der Waals surface area contributed by atoms with Crippen LogP contribution < -0.4 is 14.9 Å². The normalized spacial score (nSPS) is 11.1. The van der Waals surface area contributed by atoms with Crippen LogP contribution in [0.5, 0.6) is 0 Å². The predicted octanol–water partition coefficient (Wildman–Crippen LogP) is 1.39. The fourth-order valence-corrected chi connectivity index (χ4v) is 3.31. The third-order valence-electron chi connectivity index (χ3n) is 3.76. The molecule has 0 spiro atoms. The molecule has 1 amide bonds. The summed E-state index contributed by atoms with van der Waals surface area (Å²) in [5.41, 5.74) is 0.530. The molecule has 0 heterocycles. The van der Waals surface area contributed by atoms with Gasteiger partial charge in [0.25, 0.3) is 5.69 Å². The molecule has 0 aliphatic heterocycles. The molecule has 0 aliphatic carbocycles. The van der Waals surface area contributed by atoms with Gasteiger partial charge in [-0.2, -0.15) is 0 Å². The molecule has 2 aromatic carbocycles. The second-order valence-electron chi connectivity index (χ2n) is 6.03. The van der Waals surface area contributed by atoms with E-state index in [9.17, 15) is 27.7 Å². The summed E-state index contributed by atoms with van der Waals surface area (Å²) in [5.74, 6) is -1.01. The van der Waals surface area contributed by atoms with Crippen molar-refractivity contribution in [3.05, 3.63) is 64.0 Å². The van der Waals surface area contributed by atoms with Gasteiger partial charge >= 0.3 is 0 Å². The summed E-state index contributed by atoms with van der Waals surface area (Å²) >= 11 is 0.